The fourth-order valence-corrected chi connectivity index (χ4v) is 6.17. The van der Waals surface area contributed by atoms with E-state index in [1.165, 1.54) is 29.3 Å². The van der Waals surface area contributed by atoms with Crippen molar-refractivity contribution in [3.05, 3.63) is 52.2 Å². The standard InChI is InChI=1S/C32H51N3O7Si/c1-7-8-9-11-17-24(18-12-10-13-22-28(29(33)36)42-43(5,6)32(2,3)4)41-31(38)27-21-16-23-34(27)30(37)25-19-14-15-20-26(25)35(39)40/h14-16,19-20,23-24,27-28H,7-13,17-18,21-22H2,1-6H3,(H2,33,36)/t24-,27+,28-/m1/s1. The molecule has 2 amide bonds. The third kappa shape index (κ3) is 10.9. The van der Waals surface area contributed by atoms with Gasteiger partial charge in [0.05, 0.1) is 4.92 Å². The number of para-hydroxylation sites is 1. The number of nitro benzene ring substituents is 1. The number of nitrogens with two attached hydrogens (primary N) is 1. The van der Waals surface area contributed by atoms with E-state index in [9.17, 15) is 24.5 Å². The maximum atomic E-state index is 13.3. The van der Waals surface area contributed by atoms with Gasteiger partial charge in [0.25, 0.3) is 11.6 Å². The molecule has 0 radical (unpaired) electrons. The quantitative estimate of drug-likeness (QED) is 0.0612. The molecule has 240 valence electrons. The Morgan fingerprint density at radius 1 is 1.05 bits per heavy atom. The molecule has 0 bridgehead atoms. The topological polar surface area (TPSA) is 142 Å². The van der Waals surface area contributed by atoms with Crippen molar-refractivity contribution in [3.8, 4) is 0 Å². The normalized spacial score (nSPS) is 16.6. The van der Waals surface area contributed by atoms with E-state index < -0.39 is 43.2 Å². The zero-order valence-corrected chi connectivity index (χ0v) is 27.8. The number of nitro groups is 1. The summed E-state index contributed by atoms with van der Waals surface area (Å²) in [5, 5.41) is 11.4. The molecule has 1 aromatic carbocycles. The summed E-state index contributed by atoms with van der Waals surface area (Å²) in [6, 6.07) is 4.86. The molecule has 1 heterocycles. The molecule has 0 saturated heterocycles. The number of rotatable bonds is 18. The van der Waals surface area contributed by atoms with Gasteiger partial charge < -0.3 is 19.8 Å². The number of ether oxygens (including phenoxy) is 1. The zero-order valence-electron chi connectivity index (χ0n) is 26.8. The van der Waals surface area contributed by atoms with Crippen LogP contribution in [0.2, 0.25) is 18.1 Å². The van der Waals surface area contributed by atoms with Gasteiger partial charge in [-0.15, -0.1) is 0 Å². The SMILES string of the molecule is CCCCCC[C@H](CCCCC[C@@H](O[Si](C)(C)C(C)(C)C)C(N)=O)OC(=O)[C@@H]1CC=CN1C(=O)c1ccccc1[N+](=O)[O-]. The second kappa shape index (κ2) is 16.7. The summed E-state index contributed by atoms with van der Waals surface area (Å²) in [6.45, 7) is 12.7. The van der Waals surface area contributed by atoms with E-state index in [4.69, 9.17) is 14.9 Å². The third-order valence-corrected chi connectivity index (χ3v) is 13.0. The van der Waals surface area contributed by atoms with Crippen molar-refractivity contribution in [2.75, 3.05) is 0 Å². The smallest absolute Gasteiger partial charge is 0.329 e. The van der Waals surface area contributed by atoms with Gasteiger partial charge in [-0.05, 0) is 62.7 Å². The summed E-state index contributed by atoms with van der Waals surface area (Å²) >= 11 is 0. The van der Waals surface area contributed by atoms with Crippen LogP contribution in [-0.2, 0) is 18.8 Å². The number of hydrogen-bond donors (Lipinski definition) is 1. The van der Waals surface area contributed by atoms with Crippen LogP contribution in [0.3, 0.4) is 0 Å². The Morgan fingerprint density at radius 2 is 1.65 bits per heavy atom. The number of primary amides is 1. The molecule has 2 rings (SSSR count). The summed E-state index contributed by atoms with van der Waals surface area (Å²) in [5.74, 6) is -1.54. The lowest BCUT2D eigenvalue weighted by molar-refractivity contribution is -0.385. The second-order valence-electron chi connectivity index (χ2n) is 12.9. The predicted molar refractivity (Wildman–Crippen MR) is 170 cm³/mol. The molecule has 2 N–H and O–H groups in total. The summed E-state index contributed by atoms with van der Waals surface area (Å²) in [4.78, 5) is 50.8. The molecular formula is C32H51N3O7Si. The van der Waals surface area contributed by atoms with E-state index in [1.807, 2.05) is 0 Å². The van der Waals surface area contributed by atoms with Gasteiger partial charge >= 0.3 is 5.97 Å². The average Bonchev–Trinajstić information content (AvgIpc) is 3.43. The maximum Gasteiger partial charge on any atom is 0.329 e. The lowest BCUT2D eigenvalue weighted by atomic mass is 10.0. The molecule has 0 unspecified atom stereocenters. The van der Waals surface area contributed by atoms with Gasteiger partial charge in [-0.1, -0.05) is 78.0 Å². The summed E-state index contributed by atoms with van der Waals surface area (Å²) in [7, 11) is -2.14. The molecule has 0 aliphatic carbocycles. The Hall–Kier alpha value is -3.05. The molecule has 10 nitrogen and oxygen atoms in total. The van der Waals surface area contributed by atoms with Crippen molar-refractivity contribution in [3.63, 3.8) is 0 Å². The minimum atomic E-state index is -2.14. The first kappa shape index (κ1) is 36.1. The lowest BCUT2D eigenvalue weighted by Gasteiger charge is -2.38. The maximum absolute atomic E-state index is 13.3. The average molecular weight is 618 g/mol. The van der Waals surface area contributed by atoms with Gasteiger partial charge in [0.15, 0.2) is 8.32 Å². The molecule has 1 aliphatic rings. The Morgan fingerprint density at radius 3 is 2.23 bits per heavy atom. The van der Waals surface area contributed by atoms with E-state index in [-0.39, 0.29) is 28.8 Å². The lowest BCUT2D eigenvalue weighted by Crippen LogP contribution is -2.47. The van der Waals surface area contributed by atoms with E-state index >= 15 is 0 Å². The number of esters is 1. The number of unbranched alkanes of at least 4 members (excludes halogenated alkanes) is 5. The van der Waals surface area contributed by atoms with Crippen molar-refractivity contribution in [1.82, 2.24) is 4.90 Å². The molecule has 0 fully saturated rings. The van der Waals surface area contributed by atoms with Gasteiger partial charge in [-0.25, -0.2) is 4.79 Å². The number of hydrogen-bond acceptors (Lipinski definition) is 7. The number of nitrogens with zero attached hydrogens (tertiary/aromatic N) is 2. The van der Waals surface area contributed by atoms with Gasteiger partial charge in [-0.2, -0.15) is 0 Å². The van der Waals surface area contributed by atoms with Crippen LogP contribution in [0.4, 0.5) is 5.69 Å². The van der Waals surface area contributed by atoms with Crippen molar-refractivity contribution < 1.29 is 28.5 Å². The number of benzene rings is 1. The van der Waals surface area contributed by atoms with Gasteiger partial charge in [0, 0.05) is 12.3 Å². The molecule has 0 spiro atoms. The van der Waals surface area contributed by atoms with Crippen LogP contribution >= 0.6 is 0 Å². The van der Waals surface area contributed by atoms with Crippen LogP contribution in [-0.4, -0.2) is 54.2 Å². The summed E-state index contributed by atoms with van der Waals surface area (Å²) in [5.41, 5.74) is 5.30. The first-order valence-electron chi connectivity index (χ1n) is 15.6. The minimum absolute atomic E-state index is 0.0274. The van der Waals surface area contributed by atoms with Crippen LogP contribution in [0.25, 0.3) is 0 Å². The molecule has 3 atom stereocenters. The Balaban J connectivity index is 1.99. The Labute approximate surface area is 257 Å². The molecule has 1 aromatic rings. The number of amides is 2. The first-order valence-corrected chi connectivity index (χ1v) is 18.5. The number of carbonyl (C=O) groups excluding carboxylic acids is 3. The first-order chi connectivity index (χ1) is 20.2. The third-order valence-electron chi connectivity index (χ3n) is 8.51. The van der Waals surface area contributed by atoms with E-state index in [2.05, 4.69) is 40.8 Å². The van der Waals surface area contributed by atoms with E-state index in [1.54, 1.807) is 12.1 Å². The van der Waals surface area contributed by atoms with Crippen molar-refractivity contribution in [2.45, 2.75) is 135 Å². The highest BCUT2D eigenvalue weighted by molar-refractivity contribution is 6.74. The molecular weight excluding hydrogens is 566 g/mol. The van der Waals surface area contributed by atoms with Crippen LogP contribution in [0.5, 0.6) is 0 Å². The van der Waals surface area contributed by atoms with Gasteiger partial charge in [0.1, 0.15) is 23.8 Å². The van der Waals surface area contributed by atoms with Gasteiger partial charge in [0.2, 0.25) is 5.91 Å². The van der Waals surface area contributed by atoms with Crippen molar-refractivity contribution >= 4 is 31.8 Å². The van der Waals surface area contributed by atoms with Crippen LogP contribution in [0.1, 0.15) is 109 Å². The fraction of sp³-hybridized carbons (Fsp3) is 0.656. The summed E-state index contributed by atoms with van der Waals surface area (Å²) in [6.07, 6.45) is 11.1. The van der Waals surface area contributed by atoms with E-state index in [0.29, 0.717) is 12.8 Å². The van der Waals surface area contributed by atoms with Crippen LogP contribution < -0.4 is 5.73 Å². The highest BCUT2D eigenvalue weighted by Crippen LogP contribution is 2.38. The highest BCUT2D eigenvalue weighted by Gasteiger charge is 2.40. The molecule has 1 aliphatic heterocycles. The van der Waals surface area contributed by atoms with Crippen LogP contribution in [0, 0.1) is 10.1 Å². The number of carbonyl (C=O) groups is 3. The zero-order chi connectivity index (χ0) is 32.2. The predicted octanol–water partition coefficient (Wildman–Crippen LogP) is 7.03. The largest absolute Gasteiger partial charge is 0.461 e. The Bertz CT molecular complexity index is 1130. The highest BCUT2D eigenvalue weighted by atomic mass is 28.4. The Kier molecular flexibility index (Phi) is 14.0. The second-order valence-corrected chi connectivity index (χ2v) is 17.7. The van der Waals surface area contributed by atoms with Crippen LogP contribution in [0.15, 0.2) is 36.5 Å². The fourth-order valence-electron chi connectivity index (χ4n) is 4.87. The summed E-state index contributed by atoms with van der Waals surface area (Å²) < 4.78 is 12.3. The molecule has 0 saturated carbocycles. The molecule has 0 aromatic heterocycles. The van der Waals surface area contributed by atoms with Crippen molar-refractivity contribution in [2.24, 2.45) is 5.73 Å². The van der Waals surface area contributed by atoms with E-state index in [0.717, 1.165) is 51.4 Å². The monoisotopic (exact) mass is 617 g/mol. The van der Waals surface area contributed by atoms with Gasteiger partial charge in [-0.3, -0.25) is 19.7 Å². The van der Waals surface area contributed by atoms with Crippen molar-refractivity contribution in [1.29, 1.82) is 0 Å². The molecule has 11 heteroatoms. The minimum Gasteiger partial charge on any atom is -0.461 e. The molecule has 43 heavy (non-hydrogen) atoms.